The molecule has 1 atom stereocenters. The topological polar surface area (TPSA) is 44.8 Å². The third kappa shape index (κ3) is 4.34. The molecule has 1 aromatic carbocycles. The van der Waals surface area contributed by atoms with Crippen molar-refractivity contribution in [1.82, 2.24) is 9.80 Å². The van der Waals surface area contributed by atoms with E-state index in [0.29, 0.717) is 38.5 Å². The maximum atomic E-state index is 13.2. The van der Waals surface area contributed by atoms with Gasteiger partial charge in [-0.05, 0) is 43.1 Å². The van der Waals surface area contributed by atoms with Crippen LogP contribution in [0.3, 0.4) is 0 Å². The number of likely N-dealkylation sites (tertiary alicyclic amines) is 1. The fraction of sp³-hybridized carbons (Fsp3) is 0.579. The summed E-state index contributed by atoms with van der Waals surface area (Å²) in [6.07, 6.45) is -3.34. The van der Waals surface area contributed by atoms with Crippen LogP contribution in [0.15, 0.2) is 24.3 Å². The van der Waals surface area contributed by atoms with Crippen molar-refractivity contribution in [3.05, 3.63) is 29.8 Å². The number of alkyl halides is 3. The molecule has 0 spiro atoms. The standard InChI is InChI=1S/C19H24F3N3O2S/c1-12(2)16-11-27-18(26)25(16)13-7-9-24(10-8-13)17(28)23-15-6-4-3-5-14(15)19(20,21)22/h3-6,12-13,16H,7-11H2,1-2H3,(H,23,28). The highest BCUT2D eigenvalue weighted by atomic mass is 32.1. The summed E-state index contributed by atoms with van der Waals surface area (Å²) in [5.41, 5.74) is -0.795. The second-order valence-corrected chi connectivity index (χ2v) is 7.87. The minimum atomic E-state index is -4.45. The van der Waals surface area contributed by atoms with Gasteiger partial charge in [-0.3, -0.25) is 4.90 Å². The number of piperidine rings is 1. The molecule has 5 nitrogen and oxygen atoms in total. The first-order chi connectivity index (χ1) is 13.2. The zero-order valence-corrected chi connectivity index (χ0v) is 16.6. The molecule has 2 aliphatic rings. The van der Waals surface area contributed by atoms with E-state index < -0.39 is 11.7 Å². The summed E-state index contributed by atoms with van der Waals surface area (Å²) in [6, 6.07) is 5.41. The monoisotopic (exact) mass is 415 g/mol. The van der Waals surface area contributed by atoms with Crippen LogP contribution in [0, 0.1) is 5.92 Å². The van der Waals surface area contributed by atoms with Crippen molar-refractivity contribution >= 4 is 29.1 Å². The third-order valence-corrected chi connectivity index (χ3v) is 5.69. The number of para-hydroxylation sites is 1. The number of anilines is 1. The molecule has 1 amide bonds. The van der Waals surface area contributed by atoms with Crippen molar-refractivity contribution in [3.63, 3.8) is 0 Å². The van der Waals surface area contributed by atoms with Gasteiger partial charge in [0, 0.05) is 19.1 Å². The number of ether oxygens (including phenoxy) is 1. The lowest BCUT2D eigenvalue weighted by Gasteiger charge is -2.39. The molecule has 2 fully saturated rings. The number of hydrogen-bond acceptors (Lipinski definition) is 3. The number of amides is 1. The van der Waals surface area contributed by atoms with Gasteiger partial charge in [0.1, 0.15) is 6.61 Å². The van der Waals surface area contributed by atoms with Crippen LogP contribution in [0.2, 0.25) is 0 Å². The van der Waals surface area contributed by atoms with Gasteiger partial charge < -0.3 is 15.0 Å². The normalized spacial score (nSPS) is 21.2. The Kier molecular flexibility index (Phi) is 6.02. The van der Waals surface area contributed by atoms with Gasteiger partial charge in [0.15, 0.2) is 5.11 Å². The molecule has 9 heteroatoms. The van der Waals surface area contributed by atoms with Gasteiger partial charge in [0.05, 0.1) is 17.3 Å². The molecule has 1 unspecified atom stereocenters. The zero-order valence-electron chi connectivity index (χ0n) is 15.8. The van der Waals surface area contributed by atoms with Crippen LogP contribution in [0.5, 0.6) is 0 Å². The van der Waals surface area contributed by atoms with Crippen LogP contribution in [0.25, 0.3) is 0 Å². The van der Waals surface area contributed by atoms with Gasteiger partial charge in [0.2, 0.25) is 0 Å². The highest BCUT2D eigenvalue weighted by Gasteiger charge is 2.41. The number of nitrogens with zero attached hydrogens (tertiary/aromatic N) is 2. The smallest absolute Gasteiger partial charge is 0.418 e. The molecular formula is C19H24F3N3O2S. The van der Waals surface area contributed by atoms with Crippen LogP contribution in [0.1, 0.15) is 32.3 Å². The van der Waals surface area contributed by atoms with Crippen LogP contribution in [-0.4, -0.2) is 52.8 Å². The lowest BCUT2D eigenvalue weighted by Crippen LogP contribution is -2.51. The number of cyclic esters (lactones) is 1. The summed E-state index contributed by atoms with van der Waals surface area (Å²) in [5.74, 6) is 0.297. The summed E-state index contributed by atoms with van der Waals surface area (Å²) in [6.45, 7) is 5.67. The van der Waals surface area contributed by atoms with E-state index in [1.54, 1.807) is 0 Å². The molecule has 2 aliphatic heterocycles. The van der Waals surface area contributed by atoms with Crippen molar-refractivity contribution in [1.29, 1.82) is 0 Å². The number of hydrogen-bond donors (Lipinski definition) is 1. The Morgan fingerprint density at radius 3 is 2.50 bits per heavy atom. The van der Waals surface area contributed by atoms with E-state index in [1.807, 2.05) is 9.80 Å². The molecule has 2 saturated heterocycles. The molecule has 1 aromatic rings. The molecule has 154 valence electrons. The Labute approximate surface area is 167 Å². The van der Waals surface area contributed by atoms with Crippen molar-refractivity contribution in [3.8, 4) is 0 Å². The number of benzene rings is 1. The minimum Gasteiger partial charge on any atom is -0.447 e. The molecule has 2 heterocycles. The maximum Gasteiger partial charge on any atom is 0.418 e. The van der Waals surface area contributed by atoms with Crippen LogP contribution in [0.4, 0.5) is 23.7 Å². The Bertz CT molecular complexity index is 733. The largest absolute Gasteiger partial charge is 0.447 e. The number of halogens is 3. The van der Waals surface area contributed by atoms with Gasteiger partial charge in [-0.25, -0.2) is 4.79 Å². The molecular weight excluding hydrogens is 391 g/mol. The SMILES string of the molecule is CC(C)C1COC(=O)N1C1CCN(C(=S)Nc2ccccc2C(F)(F)F)CC1. The van der Waals surface area contributed by atoms with Gasteiger partial charge in [-0.2, -0.15) is 13.2 Å². The Morgan fingerprint density at radius 2 is 1.89 bits per heavy atom. The summed E-state index contributed by atoms with van der Waals surface area (Å²) < 4.78 is 44.7. The van der Waals surface area contributed by atoms with E-state index in [1.165, 1.54) is 18.2 Å². The van der Waals surface area contributed by atoms with Crippen LogP contribution < -0.4 is 5.32 Å². The maximum absolute atomic E-state index is 13.2. The molecule has 28 heavy (non-hydrogen) atoms. The fourth-order valence-corrected chi connectivity index (χ4v) is 4.05. The first kappa shape index (κ1) is 20.7. The molecule has 1 N–H and O–H groups in total. The van der Waals surface area contributed by atoms with Crippen molar-refractivity contribution in [2.75, 3.05) is 25.0 Å². The number of rotatable bonds is 3. The van der Waals surface area contributed by atoms with Gasteiger partial charge in [0.25, 0.3) is 0 Å². The van der Waals surface area contributed by atoms with Crippen molar-refractivity contribution < 1.29 is 22.7 Å². The van der Waals surface area contributed by atoms with Crippen molar-refractivity contribution in [2.24, 2.45) is 5.92 Å². The molecule has 3 rings (SSSR count). The van der Waals surface area contributed by atoms with Crippen LogP contribution in [-0.2, 0) is 10.9 Å². The molecule has 0 radical (unpaired) electrons. The summed E-state index contributed by atoms with van der Waals surface area (Å²) >= 11 is 5.34. The quantitative estimate of drug-likeness (QED) is 0.744. The Hall–Kier alpha value is -2.03. The highest BCUT2D eigenvalue weighted by molar-refractivity contribution is 7.80. The van der Waals surface area contributed by atoms with E-state index in [9.17, 15) is 18.0 Å². The first-order valence-corrected chi connectivity index (χ1v) is 9.76. The lowest BCUT2D eigenvalue weighted by molar-refractivity contribution is -0.136. The van der Waals surface area contributed by atoms with Crippen molar-refractivity contribution in [2.45, 2.75) is 44.9 Å². The van der Waals surface area contributed by atoms with Gasteiger partial charge in [-0.1, -0.05) is 26.0 Å². The fourth-order valence-electron chi connectivity index (χ4n) is 3.76. The van der Waals surface area contributed by atoms with E-state index in [4.69, 9.17) is 17.0 Å². The van der Waals surface area contributed by atoms with Gasteiger partial charge >= 0.3 is 12.3 Å². The van der Waals surface area contributed by atoms with Gasteiger partial charge in [-0.15, -0.1) is 0 Å². The number of thiocarbonyl (C=S) groups is 1. The molecule has 0 aromatic heterocycles. The lowest BCUT2D eigenvalue weighted by atomic mass is 9.98. The number of nitrogens with one attached hydrogen (secondary N) is 1. The molecule has 0 saturated carbocycles. The number of carbonyl (C=O) groups is 1. The number of carbonyl (C=O) groups excluding carboxylic acids is 1. The highest BCUT2D eigenvalue weighted by Crippen LogP contribution is 2.35. The second-order valence-electron chi connectivity index (χ2n) is 7.49. The average Bonchev–Trinajstić information content (AvgIpc) is 3.03. The first-order valence-electron chi connectivity index (χ1n) is 9.35. The predicted molar refractivity (Wildman–Crippen MR) is 104 cm³/mol. The van der Waals surface area contributed by atoms with Crippen LogP contribution >= 0.6 is 12.2 Å². The molecule has 0 aliphatic carbocycles. The summed E-state index contributed by atoms with van der Waals surface area (Å²) in [7, 11) is 0. The minimum absolute atomic E-state index is 0.0508. The Balaban J connectivity index is 1.61. The van der Waals surface area contributed by atoms with E-state index in [-0.39, 0.29) is 29.0 Å². The van der Waals surface area contributed by atoms with E-state index >= 15 is 0 Å². The third-order valence-electron chi connectivity index (χ3n) is 5.33. The Morgan fingerprint density at radius 1 is 1.25 bits per heavy atom. The molecule has 0 bridgehead atoms. The summed E-state index contributed by atoms with van der Waals surface area (Å²) in [5, 5.41) is 3.00. The second kappa shape index (κ2) is 8.14. The predicted octanol–water partition coefficient (Wildman–Crippen LogP) is 4.34. The van der Waals surface area contributed by atoms with E-state index in [2.05, 4.69) is 19.2 Å². The summed E-state index contributed by atoms with van der Waals surface area (Å²) in [4.78, 5) is 15.8. The zero-order chi connectivity index (χ0) is 20.5. The van der Waals surface area contributed by atoms with E-state index in [0.717, 1.165) is 6.07 Å². The average molecular weight is 415 g/mol.